The van der Waals surface area contributed by atoms with Gasteiger partial charge in [0.15, 0.2) is 0 Å². The quantitative estimate of drug-likeness (QED) is 0.309. The zero-order valence-corrected chi connectivity index (χ0v) is 39.0. The van der Waals surface area contributed by atoms with E-state index in [-0.39, 0.29) is 53.2 Å². The number of likely N-dealkylation sites (tertiary alicyclic amines) is 9. The van der Waals surface area contributed by atoms with Gasteiger partial charge in [0.05, 0.1) is 0 Å². The summed E-state index contributed by atoms with van der Waals surface area (Å²) < 4.78 is 0. The first-order chi connectivity index (χ1) is 32.3. The lowest BCUT2D eigenvalue weighted by Crippen LogP contribution is -2.59. The summed E-state index contributed by atoms with van der Waals surface area (Å²) in [5, 5.41) is 0. The van der Waals surface area contributed by atoms with Crippen LogP contribution in [-0.2, 0) is 47.9 Å². The molecule has 0 saturated carbocycles. The zero-order chi connectivity index (χ0) is 47.3. The molecule has 9 aliphatic rings. The van der Waals surface area contributed by atoms with E-state index in [4.69, 9.17) is 5.73 Å². The minimum Gasteiger partial charge on any atom is -0.368 e. The first-order valence-corrected chi connectivity index (χ1v) is 25.3. The van der Waals surface area contributed by atoms with Gasteiger partial charge in [-0.15, -0.1) is 0 Å². The van der Waals surface area contributed by atoms with Gasteiger partial charge in [-0.05, 0) is 116 Å². The molecule has 9 rings (SSSR count). The Morgan fingerprint density at radius 1 is 0.269 bits per heavy atom. The lowest BCUT2D eigenvalue weighted by Gasteiger charge is -2.37. The molecule has 0 spiro atoms. The molecule has 366 valence electrons. The fraction of sp³-hybridized carbons (Fsp3) is 0.787. The van der Waals surface area contributed by atoms with Crippen LogP contribution >= 0.6 is 0 Å². The molecule has 9 heterocycles. The van der Waals surface area contributed by atoms with Crippen molar-refractivity contribution in [2.24, 2.45) is 5.73 Å². The fourth-order valence-corrected chi connectivity index (χ4v) is 13.3. The Kier molecular flexibility index (Phi) is 13.5. The van der Waals surface area contributed by atoms with Crippen LogP contribution in [0, 0.1) is 0 Å². The number of carbonyl (C=O) groups is 10. The maximum atomic E-state index is 14.6. The monoisotopic (exact) mass is 933 g/mol. The van der Waals surface area contributed by atoms with Crippen LogP contribution in [0.25, 0.3) is 0 Å². The maximum Gasteiger partial charge on any atom is 0.246 e. The second-order valence-corrected chi connectivity index (χ2v) is 20.3. The average Bonchev–Trinajstić information content (AvgIpc) is 4.19. The van der Waals surface area contributed by atoms with Gasteiger partial charge in [0.2, 0.25) is 59.1 Å². The molecule has 9 atom stereocenters. The molecule has 2 N–H and O–H groups in total. The van der Waals surface area contributed by atoms with Gasteiger partial charge in [0.1, 0.15) is 54.4 Å². The van der Waals surface area contributed by atoms with E-state index in [1.165, 1.54) is 11.8 Å². The van der Waals surface area contributed by atoms with Crippen LogP contribution in [0.15, 0.2) is 0 Å². The summed E-state index contributed by atoms with van der Waals surface area (Å²) >= 11 is 0. The molecule has 0 bridgehead atoms. The van der Waals surface area contributed by atoms with Crippen LogP contribution in [0.3, 0.4) is 0 Å². The van der Waals surface area contributed by atoms with E-state index < -0.39 is 60.3 Å². The average molecular weight is 933 g/mol. The Morgan fingerprint density at radius 3 is 0.597 bits per heavy atom. The Bertz CT molecular complexity index is 1910. The third-order valence-electron chi connectivity index (χ3n) is 16.6. The van der Waals surface area contributed by atoms with Crippen molar-refractivity contribution >= 4 is 59.1 Å². The van der Waals surface area contributed by atoms with Crippen molar-refractivity contribution in [3.05, 3.63) is 0 Å². The summed E-state index contributed by atoms with van der Waals surface area (Å²) in [4.78, 5) is 153. The van der Waals surface area contributed by atoms with Crippen LogP contribution in [0.5, 0.6) is 0 Å². The van der Waals surface area contributed by atoms with E-state index in [2.05, 4.69) is 0 Å². The van der Waals surface area contributed by atoms with Crippen molar-refractivity contribution in [3.63, 3.8) is 0 Å². The molecule has 0 aliphatic carbocycles. The standard InChI is InChI=1S/C47H68N10O10/c1-29(58)49-20-3-12-31(49)40(60)51-22-5-14-33(51)42(62)53-24-7-16-35(53)44(64)55-26-9-18-37(55)46(66)57-28-10-19-38(57)47(67)56-27-8-17-36(56)45(65)54-25-6-15-34(54)43(63)52-23-4-13-32(52)41(61)50-21-2-11-30(50)39(48)59/h30-38H,2-28H2,1H3,(H2,48,59)/t30-,31-,32-,33-,34-,35-,36-,37-,38-/m0/s1. The lowest BCUT2D eigenvalue weighted by atomic mass is 10.1. The van der Waals surface area contributed by atoms with Gasteiger partial charge < -0.3 is 49.8 Å². The van der Waals surface area contributed by atoms with Crippen LogP contribution in [-0.4, -0.2) is 216 Å². The van der Waals surface area contributed by atoms with Crippen LogP contribution in [0.2, 0.25) is 0 Å². The summed E-state index contributed by atoms with van der Waals surface area (Å²) in [7, 11) is 0. The van der Waals surface area contributed by atoms with E-state index in [9.17, 15) is 47.9 Å². The summed E-state index contributed by atoms with van der Waals surface area (Å²) in [6, 6.07) is -6.68. The molecule has 20 heteroatoms. The Morgan fingerprint density at radius 2 is 0.418 bits per heavy atom. The predicted octanol–water partition coefficient (Wildman–Crippen LogP) is -0.589. The van der Waals surface area contributed by atoms with Gasteiger partial charge in [-0.2, -0.15) is 0 Å². The van der Waals surface area contributed by atoms with Gasteiger partial charge >= 0.3 is 0 Å². The SMILES string of the molecule is CC(=O)N1CCC[C@H]1C(=O)N1CCC[C@H]1C(=O)N1CCC[C@H]1C(=O)N1CCC[C@H]1C(=O)N1CCC[C@H]1C(=O)N1CCC[C@H]1C(=O)N1CCC[C@H]1C(=O)N1CCC[C@H]1C(=O)N1CCC[C@H]1C(N)=O. The van der Waals surface area contributed by atoms with Crippen molar-refractivity contribution in [2.45, 2.75) is 177 Å². The van der Waals surface area contributed by atoms with Gasteiger partial charge in [0.25, 0.3) is 0 Å². The molecule has 9 aliphatic heterocycles. The number of nitrogens with two attached hydrogens (primary N) is 1. The highest BCUT2D eigenvalue weighted by molar-refractivity contribution is 5.99. The first kappa shape index (κ1) is 46.8. The molecule has 0 aromatic heterocycles. The number of hydrogen-bond acceptors (Lipinski definition) is 10. The normalized spacial score (nSPS) is 32.1. The first-order valence-electron chi connectivity index (χ1n) is 25.3. The predicted molar refractivity (Wildman–Crippen MR) is 237 cm³/mol. The fourth-order valence-electron chi connectivity index (χ4n) is 13.3. The number of rotatable bonds is 9. The van der Waals surface area contributed by atoms with Crippen molar-refractivity contribution in [3.8, 4) is 0 Å². The highest BCUT2D eigenvalue weighted by Crippen LogP contribution is 2.35. The second-order valence-electron chi connectivity index (χ2n) is 20.3. The van der Waals surface area contributed by atoms with E-state index in [1.807, 2.05) is 0 Å². The number of nitrogens with zero attached hydrogens (tertiary/aromatic N) is 9. The highest BCUT2D eigenvalue weighted by Gasteiger charge is 2.52. The van der Waals surface area contributed by atoms with E-state index in [1.54, 1.807) is 39.2 Å². The molecule has 0 radical (unpaired) electrons. The topological polar surface area (TPSA) is 226 Å². The molecule has 9 fully saturated rings. The maximum absolute atomic E-state index is 14.6. The molecular formula is C47H68N10O10. The molecule has 67 heavy (non-hydrogen) atoms. The van der Waals surface area contributed by atoms with E-state index in [0.29, 0.717) is 168 Å². The molecule has 0 aromatic rings. The van der Waals surface area contributed by atoms with Gasteiger partial charge in [-0.25, -0.2) is 0 Å². The van der Waals surface area contributed by atoms with Crippen LogP contribution < -0.4 is 5.73 Å². The smallest absolute Gasteiger partial charge is 0.246 e. The Labute approximate surface area is 391 Å². The van der Waals surface area contributed by atoms with Gasteiger partial charge in [-0.1, -0.05) is 0 Å². The third-order valence-corrected chi connectivity index (χ3v) is 16.6. The number of hydrogen-bond donors (Lipinski definition) is 1. The summed E-state index contributed by atoms with van der Waals surface area (Å²) in [5.74, 6) is -3.01. The zero-order valence-electron chi connectivity index (χ0n) is 39.0. The second kappa shape index (κ2) is 19.4. The molecule has 10 amide bonds. The Hall–Kier alpha value is -5.30. The van der Waals surface area contributed by atoms with E-state index >= 15 is 0 Å². The van der Waals surface area contributed by atoms with Crippen LogP contribution in [0.4, 0.5) is 0 Å². The summed E-state index contributed by atoms with van der Waals surface area (Å²) in [6.07, 6.45) is 9.73. The van der Waals surface area contributed by atoms with Gasteiger partial charge in [0, 0.05) is 65.8 Å². The largest absolute Gasteiger partial charge is 0.368 e. The number of carbonyl (C=O) groups excluding carboxylic acids is 10. The summed E-state index contributed by atoms with van der Waals surface area (Å²) in [6.45, 7) is 4.87. The van der Waals surface area contributed by atoms with Crippen molar-refractivity contribution in [2.75, 3.05) is 58.9 Å². The third kappa shape index (κ3) is 8.52. The molecule has 20 nitrogen and oxygen atoms in total. The molecule has 0 aromatic carbocycles. The number of amides is 10. The summed E-state index contributed by atoms with van der Waals surface area (Å²) in [5.41, 5.74) is 5.61. The number of primary amides is 1. The molecular weight excluding hydrogens is 865 g/mol. The Balaban J connectivity index is 0.835. The van der Waals surface area contributed by atoms with Crippen molar-refractivity contribution < 1.29 is 47.9 Å². The lowest BCUT2D eigenvalue weighted by molar-refractivity contribution is -0.155. The van der Waals surface area contributed by atoms with Crippen molar-refractivity contribution in [1.82, 2.24) is 44.1 Å². The van der Waals surface area contributed by atoms with E-state index in [0.717, 1.165) is 6.42 Å². The van der Waals surface area contributed by atoms with Crippen molar-refractivity contribution in [1.29, 1.82) is 0 Å². The molecule has 0 unspecified atom stereocenters. The highest BCUT2D eigenvalue weighted by atomic mass is 16.2. The van der Waals surface area contributed by atoms with Gasteiger partial charge in [-0.3, -0.25) is 47.9 Å². The van der Waals surface area contributed by atoms with Crippen LogP contribution in [0.1, 0.15) is 122 Å². The minimum atomic E-state index is -0.810. The molecule has 9 saturated heterocycles. The minimum absolute atomic E-state index is 0.164.